The number of hydrogen-bond donors (Lipinski definition) is 1. The van der Waals surface area contributed by atoms with E-state index in [0.717, 1.165) is 0 Å². The van der Waals surface area contributed by atoms with Crippen LogP contribution in [0.3, 0.4) is 0 Å². The van der Waals surface area contributed by atoms with Crippen LogP contribution < -0.4 is 0 Å². The van der Waals surface area contributed by atoms with Crippen molar-refractivity contribution in [2.45, 2.75) is 121 Å². The molecule has 0 aliphatic carbocycles. The summed E-state index contributed by atoms with van der Waals surface area (Å²) < 4.78 is 0. The zero-order valence-corrected chi connectivity index (χ0v) is 18.7. The van der Waals surface area contributed by atoms with Crippen LogP contribution in [0.4, 0.5) is 0 Å². The van der Waals surface area contributed by atoms with Gasteiger partial charge in [-0.2, -0.15) is 0 Å². The van der Waals surface area contributed by atoms with Crippen LogP contribution in [0.5, 0.6) is 5.75 Å². The summed E-state index contributed by atoms with van der Waals surface area (Å²) >= 11 is 1.91. The fraction of sp³-hybridized carbons (Fsp3) is 0.760. The number of benzene rings is 1. The molecule has 0 radical (unpaired) electrons. The monoisotopic (exact) mass is 392 g/mol. The highest BCUT2D eigenvalue weighted by Gasteiger charge is 1.97. The summed E-state index contributed by atoms with van der Waals surface area (Å²) in [6.45, 7) is 2.29. The van der Waals surface area contributed by atoms with Crippen molar-refractivity contribution in [2.24, 2.45) is 0 Å². The van der Waals surface area contributed by atoms with Crippen LogP contribution in [-0.2, 0) is 0 Å². The third-order valence-electron chi connectivity index (χ3n) is 5.35. The van der Waals surface area contributed by atoms with Gasteiger partial charge >= 0.3 is 0 Å². The number of phenolic OH excluding ortho intramolecular Hbond substituents is 1. The highest BCUT2D eigenvalue weighted by Crippen LogP contribution is 2.22. The molecule has 0 fully saturated rings. The molecule has 0 aliphatic rings. The average molecular weight is 393 g/mol. The quantitative estimate of drug-likeness (QED) is 0.187. The van der Waals surface area contributed by atoms with Gasteiger partial charge in [-0.1, -0.05) is 110 Å². The summed E-state index contributed by atoms with van der Waals surface area (Å²) in [5.41, 5.74) is 0. The van der Waals surface area contributed by atoms with Gasteiger partial charge in [0.2, 0.25) is 0 Å². The first-order chi connectivity index (χ1) is 13.3. The molecule has 1 aromatic carbocycles. The molecule has 0 aromatic heterocycles. The molecular formula is C25H44OS. The second kappa shape index (κ2) is 18.7. The second-order valence-electron chi connectivity index (χ2n) is 8.00. The van der Waals surface area contributed by atoms with Crippen LogP contribution in [0, 0.1) is 0 Å². The van der Waals surface area contributed by atoms with Gasteiger partial charge < -0.3 is 5.11 Å². The first-order valence-corrected chi connectivity index (χ1v) is 12.7. The summed E-state index contributed by atoms with van der Waals surface area (Å²) in [5, 5.41) is 9.28. The molecule has 1 rings (SSSR count). The lowest BCUT2D eigenvalue weighted by Gasteiger charge is -2.04. The van der Waals surface area contributed by atoms with E-state index in [1.54, 1.807) is 12.1 Å². The minimum atomic E-state index is 0.358. The van der Waals surface area contributed by atoms with Gasteiger partial charge in [-0.25, -0.2) is 0 Å². The minimum absolute atomic E-state index is 0.358. The Kier molecular flexibility index (Phi) is 16.9. The summed E-state index contributed by atoms with van der Waals surface area (Å²) in [6, 6.07) is 7.56. The maximum absolute atomic E-state index is 9.28. The molecule has 0 heterocycles. The van der Waals surface area contributed by atoms with Crippen molar-refractivity contribution in [2.75, 3.05) is 5.75 Å². The van der Waals surface area contributed by atoms with Crippen LogP contribution in [0.15, 0.2) is 29.2 Å². The van der Waals surface area contributed by atoms with Crippen molar-refractivity contribution in [3.05, 3.63) is 24.3 Å². The molecule has 0 saturated carbocycles. The number of thioether (sulfide) groups is 1. The number of phenols is 1. The van der Waals surface area contributed by atoms with E-state index in [-0.39, 0.29) is 0 Å². The molecule has 0 bridgehead atoms. The molecule has 156 valence electrons. The number of unbranched alkanes of at least 4 members (excludes halogenated alkanes) is 16. The summed E-state index contributed by atoms with van der Waals surface area (Å²) in [6.07, 6.45) is 24.3. The maximum Gasteiger partial charge on any atom is 0.115 e. The molecule has 2 heteroatoms. The van der Waals surface area contributed by atoms with Crippen molar-refractivity contribution >= 4 is 11.8 Å². The minimum Gasteiger partial charge on any atom is -0.508 e. The lowest BCUT2D eigenvalue weighted by atomic mass is 10.0. The maximum atomic E-state index is 9.28. The molecule has 0 aliphatic heterocycles. The number of rotatable bonds is 19. The molecule has 0 spiro atoms. The van der Waals surface area contributed by atoms with Crippen molar-refractivity contribution < 1.29 is 5.11 Å². The summed E-state index contributed by atoms with van der Waals surface area (Å²) in [7, 11) is 0. The lowest BCUT2D eigenvalue weighted by Crippen LogP contribution is -1.85. The van der Waals surface area contributed by atoms with Crippen LogP contribution in [0.2, 0.25) is 0 Å². The Morgan fingerprint density at radius 2 is 0.926 bits per heavy atom. The van der Waals surface area contributed by atoms with Gasteiger partial charge in [-0.15, -0.1) is 11.8 Å². The van der Waals surface area contributed by atoms with Crippen molar-refractivity contribution in [3.63, 3.8) is 0 Å². The van der Waals surface area contributed by atoms with Crippen molar-refractivity contribution in [1.29, 1.82) is 0 Å². The zero-order chi connectivity index (χ0) is 19.4. The lowest BCUT2D eigenvalue weighted by molar-refractivity contribution is 0.475. The zero-order valence-electron chi connectivity index (χ0n) is 17.9. The standard InChI is InChI=1S/C25H44OS/c1-2-3-4-5-6-7-8-9-10-11-12-13-14-15-16-17-18-23-27-25-21-19-24(26)20-22-25/h19-22,26H,2-18,23H2,1H3. The topological polar surface area (TPSA) is 20.2 Å². The van der Waals surface area contributed by atoms with Gasteiger partial charge in [0.25, 0.3) is 0 Å². The second-order valence-corrected chi connectivity index (χ2v) is 9.17. The molecule has 1 aromatic rings. The van der Waals surface area contributed by atoms with E-state index < -0.39 is 0 Å². The summed E-state index contributed by atoms with van der Waals surface area (Å²) in [4.78, 5) is 1.27. The molecule has 0 amide bonds. The van der Waals surface area contributed by atoms with E-state index in [9.17, 15) is 5.11 Å². The van der Waals surface area contributed by atoms with Gasteiger partial charge in [0, 0.05) is 4.90 Å². The van der Waals surface area contributed by atoms with E-state index in [0.29, 0.717) is 5.75 Å². The Morgan fingerprint density at radius 1 is 0.556 bits per heavy atom. The van der Waals surface area contributed by atoms with Gasteiger partial charge in [-0.05, 0) is 36.4 Å². The summed E-state index contributed by atoms with van der Waals surface area (Å²) in [5.74, 6) is 1.56. The third-order valence-corrected chi connectivity index (χ3v) is 6.45. The Bertz CT molecular complexity index is 415. The molecule has 0 unspecified atom stereocenters. The first kappa shape index (κ1) is 24.4. The molecule has 27 heavy (non-hydrogen) atoms. The van der Waals surface area contributed by atoms with E-state index in [1.165, 1.54) is 120 Å². The van der Waals surface area contributed by atoms with Crippen LogP contribution in [-0.4, -0.2) is 10.9 Å². The smallest absolute Gasteiger partial charge is 0.115 e. The van der Waals surface area contributed by atoms with Crippen LogP contribution in [0.1, 0.15) is 116 Å². The molecule has 0 saturated heterocycles. The van der Waals surface area contributed by atoms with Crippen molar-refractivity contribution in [3.8, 4) is 5.75 Å². The molecule has 0 atom stereocenters. The van der Waals surface area contributed by atoms with Crippen LogP contribution >= 0.6 is 11.8 Å². The van der Waals surface area contributed by atoms with Gasteiger partial charge in [0.05, 0.1) is 0 Å². The number of hydrogen-bond acceptors (Lipinski definition) is 2. The van der Waals surface area contributed by atoms with E-state index in [4.69, 9.17) is 0 Å². The van der Waals surface area contributed by atoms with Crippen LogP contribution in [0.25, 0.3) is 0 Å². The largest absolute Gasteiger partial charge is 0.508 e. The predicted molar refractivity (Wildman–Crippen MR) is 123 cm³/mol. The molecular weight excluding hydrogens is 348 g/mol. The van der Waals surface area contributed by atoms with E-state index >= 15 is 0 Å². The SMILES string of the molecule is CCCCCCCCCCCCCCCCCCCSc1ccc(O)cc1. The Balaban J connectivity index is 1.71. The Hall–Kier alpha value is -0.630. The fourth-order valence-electron chi connectivity index (χ4n) is 3.56. The highest BCUT2D eigenvalue weighted by atomic mass is 32.2. The predicted octanol–water partition coefficient (Wildman–Crippen LogP) is 9.14. The molecule has 1 nitrogen and oxygen atoms in total. The van der Waals surface area contributed by atoms with E-state index in [2.05, 4.69) is 6.92 Å². The normalized spacial score (nSPS) is 11.1. The fourth-order valence-corrected chi connectivity index (χ4v) is 4.47. The van der Waals surface area contributed by atoms with Gasteiger partial charge in [-0.3, -0.25) is 0 Å². The Labute approximate surface area is 173 Å². The third kappa shape index (κ3) is 16.1. The Morgan fingerprint density at radius 3 is 1.33 bits per heavy atom. The number of aromatic hydroxyl groups is 1. The molecule has 1 N–H and O–H groups in total. The van der Waals surface area contributed by atoms with E-state index in [1.807, 2.05) is 23.9 Å². The highest BCUT2D eigenvalue weighted by molar-refractivity contribution is 7.99. The van der Waals surface area contributed by atoms with Gasteiger partial charge in [0.15, 0.2) is 0 Å². The first-order valence-electron chi connectivity index (χ1n) is 11.7. The van der Waals surface area contributed by atoms with Crippen molar-refractivity contribution in [1.82, 2.24) is 0 Å². The van der Waals surface area contributed by atoms with Gasteiger partial charge in [0.1, 0.15) is 5.75 Å². The average Bonchev–Trinajstić information content (AvgIpc) is 2.68.